The summed E-state index contributed by atoms with van der Waals surface area (Å²) in [5, 5.41) is 5.32. The first kappa shape index (κ1) is 22.3. The van der Waals surface area contributed by atoms with E-state index in [-0.39, 0.29) is 18.4 Å². The van der Waals surface area contributed by atoms with E-state index in [1.165, 1.54) is 5.56 Å². The van der Waals surface area contributed by atoms with Gasteiger partial charge in [-0.25, -0.2) is 4.79 Å². The van der Waals surface area contributed by atoms with Crippen molar-refractivity contribution in [2.24, 2.45) is 0 Å². The van der Waals surface area contributed by atoms with Crippen LogP contribution in [0, 0.1) is 6.92 Å². The highest BCUT2D eigenvalue weighted by molar-refractivity contribution is 5.92. The second kappa shape index (κ2) is 11.2. The standard InChI is InChI=1S/C24H30N4O3/c1-19-7-5-11-21(17-19)26-24(31)25-18-23(30)28-15-13-27(14-16-28)22(29)12-6-10-20-8-3-2-4-9-20/h2-5,7-9,11,17H,6,10,12-16,18H2,1H3,(H2,25,26,31). The topological polar surface area (TPSA) is 81.8 Å². The van der Waals surface area contributed by atoms with Gasteiger partial charge in [-0.3, -0.25) is 9.59 Å². The Labute approximate surface area is 183 Å². The number of rotatable bonds is 7. The molecule has 1 aliphatic heterocycles. The Hall–Kier alpha value is -3.35. The number of carbonyl (C=O) groups excluding carboxylic acids is 3. The minimum atomic E-state index is -0.411. The van der Waals surface area contributed by atoms with Crippen LogP contribution in [0.1, 0.15) is 24.0 Å². The van der Waals surface area contributed by atoms with Gasteiger partial charge in [0.05, 0.1) is 6.54 Å². The molecule has 7 heteroatoms. The summed E-state index contributed by atoms with van der Waals surface area (Å²) in [5.74, 6) is -0.00532. The van der Waals surface area contributed by atoms with Crippen LogP contribution in [0.4, 0.5) is 10.5 Å². The lowest BCUT2D eigenvalue weighted by atomic mass is 10.1. The average Bonchev–Trinajstić information content (AvgIpc) is 2.78. The first-order valence-electron chi connectivity index (χ1n) is 10.7. The van der Waals surface area contributed by atoms with Crippen molar-refractivity contribution in [1.29, 1.82) is 0 Å². The quantitative estimate of drug-likeness (QED) is 0.720. The largest absolute Gasteiger partial charge is 0.339 e. The van der Waals surface area contributed by atoms with Crippen LogP contribution in [0.15, 0.2) is 54.6 Å². The third-order valence-corrected chi connectivity index (χ3v) is 5.36. The number of nitrogens with one attached hydrogen (secondary N) is 2. The summed E-state index contributed by atoms with van der Waals surface area (Å²) in [6, 6.07) is 17.2. The molecule has 3 rings (SSSR count). The van der Waals surface area contributed by atoms with Crippen molar-refractivity contribution in [2.75, 3.05) is 38.0 Å². The van der Waals surface area contributed by atoms with Crippen LogP contribution in [0.2, 0.25) is 0 Å². The molecule has 0 bridgehead atoms. The van der Waals surface area contributed by atoms with Gasteiger partial charge in [-0.15, -0.1) is 0 Å². The van der Waals surface area contributed by atoms with Crippen LogP contribution in [-0.2, 0) is 16.0 Å². The van der Waals surface area contributed by atoms with Crippen molar-refractivity contribution in [1.82, 2.24) is 15.1 Å². The number of urea groups is 1. The summed E-state index contributed by atoms with van der Waals surface area (Å²) in [6.45, 7) is 3.93. The molecule has 2 N–H and O–H groups in total. The van der Waals surface area contributed by atoms with Gasteiger partial charge in [0.1, 0.15) is 0 Å². The van der Waals surface area contributed by atoms with Crippen LogP contribution in [-0.4, -0.2) is 60.4 Å². The average molecular weight is 423 g/mol. The van der Waals surface area contributed by atoms with Gasteiger partial charge in [0.15, 0.2) is 0 Å². The van der Waals surface area contributed by atoms with Gasteiger partial charge in [0.25, 0.3) is 0 Å². The lowest BCUT2D eigenvalue weighted by Gasteiger charge is -2.35. The number of aryl methyl sites for hydroxylation is 2. The highest BCUT2D eigenvalue weighted by Gasteiger charge is 2.24. The van der Waals surface area contributed by atoms with Crippen LogP contribution < -0.4 is 10.6 Å². The van der Waals surface area contributed by atoms with Gasteiger partial charge < -0.3 is 20.4 Å². The Morgan fingerprint density at radius 1 is 0.871 bits per heavy atom. The number of amides is 4. The summed E-state index contributed by atoms with van der Waals surface area (Å²) in [6.07, 6.45) is 2.23. The first-order chi connectivity index (χ1) is 15.0. The fourth-order valence-electron chi connectivity index (χ4n) is 3.62. The molecule has 2 aromatic rings. The minimum absolute atomic E-state index is 0.0668. The summed E-state index contributed by atoms with van der Waals surface area (Å²) < 4.78 is 0. The Morgan fingerprint density at radius 2 is 1.55 bits per heavy atom. The van der Waals surface area contributed by atoms with Crippen molar-refractivity contribution in [3.8, 4) is 0 Å². The van der Waals surface area contributed by atoms with E-state index in [1.54, 1.807) is 11.0 Å². The molecule has 1 heterocycles. The smallest absolute Gasteiger partial charge is 0.319 e. The van der Waals surface area contributed by atoms with Gasteiger partial charge in [0.2, 0.25) is 11.8 Å². The SMILES string of the molecule is Cc1cccc(NC(=O)NCC(=O)N2CCN(C(=O)CCCc3ccccc3)CC2)c1. The van der Waals surface area contributed by atoms with Crippen LogP contribution in [0.25, 0.3) is 0 Å². The zero-order valence-corrected chi connectivity index (χ0v) is 18.0. The predicted octanol–water partition coefficient (Wildman–Crippen LogP) is 2.81. The van der Waals surface area contributed by atoms with Gasteiger partial charge in [-0.1, -0.05) is 42.5 Å². The van der Waals surface area contributed by atoms with Gasteiger partial charge in [-0.05, 0) is 43.0 Å². The van der Waals surface area contributed by atoms with Crippen LogP contribution >= 0.6 is 0 Å². The Morgan fingerprint density at radius 3 is 2.23 bits per heavy atom. The molecular weight excluding hydrogens is 392 g/mol. The molecule has 0 saturated carbocycles. The van der Waals surface area contributed by atoms with Crippen molar-refractivity contribution in [3.05, 3.63) is 65.7 Å². The van der Waals surface area contributed by atoms with Crippen molar-refractivity contribution >= 4 is 23.5 Å². The molecule has 0 aliphatic carbocycles. The zero-order chi connectivity index (χ0) is 22.1. The van der Waals surface area contributed by atoms with Crippen LogP contribution in [0.5, 0.6) is 0 Å². The molecule has 1 aliphatic rings. The fourth-order valence-corrected chi connectivity index (χ4v) is 3.62. The number of anilines is 1. The highest BCUT2D eigenvalue weighted by atomic mass is 16.2. The highest BCUT2D eigenvalue weighted by Crippen LogP contribution is 2.10. The number of benzene rings is 2. The van der Waals surface area contributed by atoms with Gasteiger partial charge >= 0.3 is 6.03 Å². The van der Waals surface area contributed by atoms with Crippen LogP contribution in [0.3, 0.4) is 0 Å². The summed E-state index contributed by atoms with van der Waals surface area (Å²) >= 11 is 0. The first-order valence-corrected chi connectivity index (χ1v) is 10.7. The molecule has 4 amide bonds. The van der Waals surface area contributed by atoms with E-state index in [0.29, 0.717) is 38.3 Å². The number of nitrogens with zero attached hydrogens (tertiary/aromatic N) is 2. The van der Waals surface area contributed by atoms with Gasteiger partial charge in [0, 0.05) is 38.3 Å². The number of hydrogen-bond donors (Lipinski definition) is 2. The number of piperazine rings is 1. The van der Waals surface area contributed by atoms with Crippen molar-refractivity contribution < 1.29 is 14.4 Å². The molecule has 164 valence electrons. The molecule has 31 heavy (non-hydrogen) atoms. The maximum atomic E-state index is 12.4. The molecule has 0 aromatic heterocycles. The van der Waals surface area contributed by atoms with Gasteiger partial charge in [-0.2, -0.15) is 0 Å². The Kier molecular flexibility index (Phi) is 8.04. The maximum Gasteiger partial charge on any atom is 0.319 e. The Balaban J connectivity index is 1.33. The molecule has 0 radical (unpaired) electrons. The van der Waals surface area contributed by atoms with E-state index in [0.717, 1.165) is 18.4 Å². The van der Waals surface area contributed by atoms with E-state index in [9.17, 15) is 14.4 Å². The van der Waals surface area contributed by atoms with E-state index in [2.05, 4.69) is 22.8 Å². The third-order valence-electron chi connectivity index (χ3n) is 5.36. The van der Waals surface area contributed by atoms with E-state index in [1.807, 2.05) is 48.2 Å². The van der Waals surface area contributed by atoms with Crippen molar-refractivity contribution in [2.45, 2.75) is 26.2 Å². The molecule has 1 saturated heterocycles. The number of hydrogen-bond acceptors (Lipinski definition) is 3. The lowest BCUT2D eigenvalue weighted by molar-refractivity contribution is -0.139. The predicted molar refractivity (Wildman–Crippen MR) is 121 cm³/mol. The normalized spacial score (nSPS) is 13.6. The third kappa shape index (κ3) is 7.13. The molecule has 0 unspecified atom stereocenters. The summed E-state index contributed by atoms with van der Waals surface area (Å²) in [7, 11) is 0. The zero-order valence-electron chi connectivity index (χ0n) is 18.0. The summed E-state index contributed by atoms with van der Waals surface area (Å²) in [5.41, 5.74) is 2.97. The molecule has 2 aromatic carbocycles. The number of carbonyl (C=O) groups is 3. The molecule has 0 atom stereocenters. The van der Waals surface area contributed by atoms with E-state index >= 15 is 0 Å². The Bertz CT molecular complexity index is 893. The molecule has 0 spiro atoms. The maximum absolute atomic E-state index is 12.4. The minimum Gasteiger partial charge on any atom is -0.339 e. The van der Waals surface area contributed by atoms with E-state index in [4.69, 9.17) is 0 Å². The lowest BCUT2D eigenvalue weighted by Crippen LogP contribution is -2.52. The van der Waals surface area contributed by atoms with Crippen molar-refractivity contribution in [3.63, 3.8) is 0 Å². The monoisotopic (exact) mass is 422 g/mol. The summed E-state index contributed by atoms with van der Waals surface area (Å²) in [4.78, 5) is 40.4. The second-order valence-corrected chi connectivity index (χ2v) is 7.78. The molecule has 7 nitrogen and oxygen atoms in total. The molecule has 1 fully saturated rings. The molecular formula is C24H30N4O3. The second-order valence-electron chi connectivity index (χ2n) is 7.78. The van der Waals surface area contributed by atoms with E-state index < -0.39 is 6.03 Å². The fraction of sp³-hybridized carbons (Fsp3) is 0.375.